The topological polar surface area (TPSA) is 14.1 Å². The summed E-state index contributed by atoms with van der Waals surface area (Å²) in [7, 11) is 1.72. The Morgan fingerprint density at radius 3 is 1.83 bits per heavy atom. The normalized spacial score (nSPS) is 6.50. The van der Waals surface area contributed by atoms with E-state index in [1.54, 1.807) is 7.05 Å². The first-order chi connectivity index (χ1) is 2.27. The van der Waals surface area contributed by atoms with Gasteiger partial charge in [0, 0.05) is 0 Å². The van der Waals surface area contributed by atoms with Crippen molar-refractivity contribution in [2.75, 3.05) is 7.05 Å². The fourth-order valence-corrected chi connectivity index (χ4v) is 0. The molecule has 6 heavy (non-hydrogen) atoms. The molecule has 0 aromatic carbocycles. The zero-order valence-electron chi connectivity index (χ0n) is 4.30. The van der Waals surface area contributed by atoms with E-state index in [1.165, 1.54) is 0 Å². The zero-order chi connectivity index (χ0) is 4.28. The first kappa shape index (κ1) is 11.0. The molecule has 0 N–H and O–H groups in total. The molecule has 0 unspecified atom stereocenters. The number of rotatable bonds is 1. The molecular weight excluding hydrogens is 191 g/mol. The van der Waals surface area contributed by atoms with Crippen LogP contribution < -0.4 is 58.2 Å². The molecule has 0 atom stereocenters. The summed E-state index contributed by atoms with van der Waals surface area (Å²) in [6.07, 6.45) is 0. The molecule has 0 spiro atoms. The van der Waals surface area contributed by atoms with E-state index in [0.717, 1.165) is 4.54 Å². The van der Waals surface area contributed by atoms with E-state index in [2.05, 4.69) is 20.9 Å². The summed E-state index contributed by atoms with van der Waals surface area (Å²) in [5.41, 5.74) is 0. The summed E-state index contributed by atoms with van der Waals surface area (Å²) < 4.78 is 0.880. The Bertz CT molecular complexity index is 46.1. The maximum absolute atomic E-state index is 3.69. The molecule has 0 aliphatic rings. The van der Waals surface area contributed by atoms with Gasteiger partial charge in [-0.25, -0.2) is 0 Å². The average molecular weight is 197 g/mol. The van der Waals surface area contributed by atoms with Crippen LogP contribution in [0.4, 0.5) is 0 Å². The monoisotopic (exact) mass is 197 g/mol. The maximum Gasteiger partial charge on any atom is 1.00 e. The summed E-state index contributed by atoms with van der Waals surface area (Å²) in [6, 6.07) is 0. The predicted octanol–water partition coefficient (Wildman–Crippen LogP) is -2.31. The van der Waals surface area contributed by atoms with Crippen LogP contribution >= 0.6 is 0 Å². The van der Waals surface area contributed by atoms with Crippen molar-refractivity contribution in [3.63, 3.8) is 0 Å². The van der Waals surface area contributed by atoms with Gasteiger partial charge in [-0.3, -0.25) is 0 Å². The Hall–Kier alpha value is 2.15. The third-order valence-electron chi connectivity index (χ3n) is 0.303. The van der Waals surface area contributed by atoms with Crippen LogP contribution in [-0.4, -0.2) is 11.6 Å². The van der Waals surface area contributed by atoms with Crippen molar-refractivity contribution in [3.8, 4) is 0 Å². The minimum atomic E-state index is 0. The van der Waals surface area contributed by atoms with Crippen molar-refractivity contribution >= 4 is 4.54 Å². The molecule has 1 nitrogen and oxygen atoms in total. The second-order valence-corrected chi connectivity index (χ2v) is 1.50. The first-order valence-corrected chi connectivity index (χ1v) is 1.90. The molecular formula is C3H6FeNRb. The van der Waals surface area contributed by atoms with Gasteiger partial charge in [0.25, 0.3) is 0 Å². The van der Waals surface area contributed by atoms with E-state index in [4.69, 9.17) is 0 Å². The SMILES string of the molecule is C[N-][C](C)=[Fe].[Rb+]. The molecule has 3 heteroatoms. The first-order valence-electron chi connectivity index (χ1n) is 1.35. The van der Waals surface area contributed by atoms with E-state index in [0.29, 0.717) is 0 Å². The van der Waals surface area contributed by atoms with Gasteiger partial charge in [-0.1, -0.05) is 0 Å². The van der Waals surface area contributed by atoms with Gasteiger partial charge in [0.1, 0.15) is 0 Å². The maximum atomic E-state index is 3.69. The van der Waals surface area contributed by atoms with Gasteiger partial charge >= 0.3 is 97.6 Å². The third kappa shape index (κ3) is 9.47. The number of hydrogen-bond acceptors (Lipinski definition) is 0. The third-order valence-corrected chi connectivity index (χ3v) is 0.550. The van der Waals surface area contributed by atoms with E-state index >= 15 is 0 Å². The van der Waals surface area contributed by atoms with Crippen molar-refractivity contribution in [1.29, 1.82) is 0 Å². The minimum absolute atomic E-state index is 0. The van der Waals surface area contributed by atoms with Gasteiger partial charge in [0.15, 0.2) is 0 Å². The average Bonchev–Trinajstić information content (AvgIpc) is 1.38. The largest absolute Gasteiger partial charge is 1.00 e. The van der Waals surface area contributed by atoms with E-state index in [-0.39, 0.29) is 58.2 Å². The zero-order valence-corrected chi connectivity index (χ0v) is 10.3. The fourth-order valence-electron chi connectivity index (χ4n) is 0. The molecule has 0 amide bonds. The van der Waals surface area contributed by atoms with Crippen LogP contribution in [0.5, 0.6) is 0 Å². The summed E-state index contributed by atoms with van der Waals surface area (Å²) in [6.45, 7) is 1.86. The number of nitrogens with zero attached hydrogens (tertiary/aromatic N) is 1. The van der Waals surface area contributed by atoms with Gasteiger partial charge in [0.2, 0.25) is 0 Å². The predicted molar refractivity (Wildman–Crippen MR) is 20.0 cm³/mol. The van der Waals surface area contributed by atoms with Gasteiger partial charge in [-0.05, 0) is 0 Å². The second kappa shape index (κ2) is 7.15. The van der Waals surface area contributed by atoms with Crippen molar-refractivity contribution in [2.24, 2.45) is 0 Å². The molecule has 0 saturated carbocycles. The summed E-state index contributed by atoms with van der Waals surface area (Å²) >= 11 is 3.51. The van der Waals surface area contributed by atoms with Crippen molar-refractivity contribution in [2.45, 2.75) is 6.92 Å². The molecule has 0 radical (unpaired) electrons. The fraction of sp³-hybridized carbons (Fsp3) is 0.667. The quantitative estimate of drug-likeness (QED) is 0.420. The van der Waals surface area contributed by atoms with Crippen molar-refractivity contribution < 1.29 is 73.8 Å². The molecule has 0 aliphatic carbocycles. The molecule has 0 aromatic rings. The Balaban J connectivity index is 0. The van der Waals surface area contributed by atoms with Crippen LogP contribution in [0.2, 0.25) is 0 Å². The molecule has 0 rings (SSSR count). The smallest absolute Gasteiger partial charge is 1.00 e. The standard InChI is InChI=1S/C3H6N.Fe.Rb/c1-3-4-2;;/h1-2H3;;/q-1;;+1. The molecule has 32 valence electrons. The molecule has 0 bridgehead atoms. The minimum Gasteiger partial charge on any atom is 1.00 e. The van der Waals surface area contributed by atoms with Gasteiger partial charge in [-0.2, -0.15) is 0 Å². The second-order valence-electron chi connectivity index (χ2n) is 0.703. The van der Waals surface area contributed by atoms with E-state index in [9.17, 15) is 0 Å². The van der Waals surface area contributed by atoms with Crippen LogP contribution in [0.15, 0.2) is 0 Å². The Labute approximate surface area is 95.4 Å². The van der Waals surface area contributed by atoms with Crippen molar-refractivity contribution in [1.82, 2.24) is 0 Å². The molecule has 0 aliphatic heterocycles. The summed E-state index contributed by atoms with van der Waals surface area (Å²) in [5, 5.41) is 3.69. The molecule has 0 fully saturated rings. The van der Waals surface area contributed by atoms with Crippen LogP contribution in [-0.2, 0) is 15.6 Å². The van der Waals surface area contributed by atoms with Crippen molar-refractivity contribution in [3.05, 3.63) is 5.32 Å². The molecule has 0 heterocycles. The Kier molecular flexibility index (Phi) is 13.1. The Morgan fingerprint density at radius 2 is 1.83 bits per heavy atom. The van der Waals surface area contributed by atoms with Crippen LogP contribution in [0, 0.1) is 0 Å². The summed E-state index contributed by atoms with van der Waals surface area (Å²) in [5.74, 6) is 0. The van der Waals surface area contributed by atoms with Gasteiger partial charge in [0.05, 0.1) is 0 Å². The summed E-state index contributed by atoms with van der Waals surface area (Å²) in [4.78, 5) is 0. The van der Waals surface area contributed by atoms with E-state index < -0.39 is 0 Å². The Morgan fingerprint density at radius 1 is 1.67 bits per heavy atom. The van der Waals surface area contributed by atoms with Crippen LogP contribution in [0.25, 0.3) is 5.32 Å². The van der Waals surface area contributed by atoms with E-state index in [1.807, 2.05) is 6.92 Å². The van der Waals surface area contributed by atoms with Crippen LogP contribution in [0.3, 0.4) is 0 Å². The number of hydrogen-bond donors (Lipinski definition) is 0. The van der Waals surface area contributed by atoms with Gasteiger partial charge in [-0.15, -0.1) is 0 Å². The van der Waals surface area contributed by atoms with Gasteiger partial charge < -0.3 is 0 Å². The molecule has 0 saturated heterocycles. The van der Waals surface area contributed by atoms with Crippen LogP contribution in [0.1, 0.15) is 6.92 Å². The molecule has 0 aromatic heterocycles.